The maximum Gasteiger partial charge on any atom is 0.277 e. The van der Waals surface area contributed by atoms with Crippen LogP contribution in [0, 0.1) is 0 Å². The number of hydrogen-bond acceptors (Lipinski definition) is 3. The van der Waals surface area contributed by atoms with Crippen LogP contribution in [0.15, 0.2) is 78.2 Å². The first kappa shape index (κ1) is 16.8. The van der Waals surface area contributed by atoms with E-state index in [4.69, 9.17) is 16.3 Å². The van der Waals surface area contributed by atoms with Crippen molar-refractivity contribution in [1.29, 1.82) is 0 Å². The third-order valence-electron chi connectivity index (χ3n) is 3.36. The van der Waals surface area contributed by atoms with Crippen molar-refractivity contribution in [2.24, 2.45) is 5.10 Å². The number of nitrogens with one attached hydrogen (secondary N) is 1. The molecule has 1 amide bonds. The van der Waals surface area contributed by atoms with E-state index in [0.29, 0.717) is 10.8 Å². The lowest BCUT2D eigenvalue weighted by Crippen LogP contribution is -2.24. The Kier molecular flexibility index (Phi) is 5.49. The predicted molar refractivity (Wildman–Crippen MR) is 98.5 cm³/mol. The Morgan fingerprint density at radius 3 is 2.64 bits per heavy atom. The summed E-state index contributed by atoms with van der Waals surface area (Å²) in [7, 11) is 0. The predicted octanol–water partition coefficient (Wildman–Crippen LogP) is 3.66. The lowest BCUT2D eigenvalue weighted by Gasteiger charge is -2.04. The number of carbonyl (C=O) groups is 1. The molecule has 0 unspecified atom stereocenters. The zero-order chi connectivity index (χ0) is 17.5. The van der Waals surface area contributed by atoms with Crippen molar-refractivity contribution < 1.29 is 9.53 Å². The maximum atomic E-state index is 11.7. The molecule has 1 aromatic heterocycles. The molecule has 1 N–H and O–H groups in total. The number of benzene rings is 2. The molecule has 25 heavy (non-hydrogen) atoms. The number of aromatic nitrogens is 1. The van der Waals surface area contributed by atoms with Crippen molar-refractivity contribution in [2.45, 2.75) is 0 Å². The Morgan fingerprint density at radius 2 is 1.88 bits per heavy atom. The standard InChI is InChI=1S/C19H16ClN3O2/c20-16-6-8-18(9-7-16)25-14-19(24)22-21-12-15-10-11-23(13-15)17-4-2-1-3-5-17/h1-13H,14H2,(H,22,24)/b21-12-. The Labute approximate surface area is 150 Å². The molecule has 3 aromatic rings. The Hall–Kier alpha value is -3.05. The summed E-state index contributed by atoms with van der Waals surface area (Å²) < 4.78 is 7.32. The Bertz CT molecular complexity index is 858. The molecule has 0 spiro atoms. The van der Waals surface area contributed by atoms with Gasteiger partial charge >= 0.3 is 0 Å². The number of para-hydroxylation sites is 1. The Morgan fingerprint density at radius 1 is 1.12 bits per heavy atom. The van der Waals surface area contributed by atoms with Gasteiger partial charge in [-0.1, -0.05) is 29.8 Å². The van der Waals surface area contributed by atoms with E-state index in [9.17, 15) is 4.79 Å². The number of halogens is 1. The largest absolute Gasteiger partial charge is 0.484 e. The van der Waals surface area contributed by atoms with Crippen LogP contribution in [-0.4, -0.2) is 23.3 Å². The van der Waals surface area contributed by atoms with E-state index in [1.165, 1.54) is 0 Å². The first-order valence-electron chi connectivity index (χ1n) is 7.64. The minimum atomic E-state index is -0.339. The molecule has 0 saturated heterocycles. The van der Waals surface area contributed by atoms with Gasteiger partial charge in [-0.25, -0.2) is 5.43 Å². The number of carbonyl (C=O) groups excluding carboxylic acids is 1. The zero-order valence-corrected chi connectivity index (χ0v) is 14.1. The fraction of sp³-hybridized carbons (Fsp3) is 0.0526. The van der Waals surface area contributed by atoms with Crippen LogP contribution >= 0.6 is 11.6 Å². The topological polar surface area (TPSA) is 55.6 Å². The molecule has 0 fully saturated rings. The Balaban J connectivity index is 1.48. The van der Waals surface area contributed by atoms with E-state index in [1.807, 2.05) is 53.4 Å². The SMILES string of the molecule is O=C(COc1ccc(Cl)cc1)N/N=C\c1ccn(-c2ccccc2)c1. The molecule has 0 atom stereocenters. The van der Waals surface area contributed by atoms with E-state index in [-0.39, 0.29) is 12.5 Å². The van der Waals surface area contributed by atoms with Crippen molar-refractivity contribution in [3.63, 3.8) is 0 Å². The lowest BCUT2D eigenvalue weighted by molar-refractivity contribution is -0.123. The van der Waals surface area contributed by atoms with Crippen LogP contribution in [0.1, 0.15) is 5.56 Å². The van der Waals surface area contributed by atoms with Gasteiger partial charge in [-0.15, -0.1) is 0 Å². The number of hydrazone groups is 1. The minimum absolute atomic E-state index is 0.121. The summed E-state index contributed by atoms with van der Waals surface area (Å²) in [5.41, 5.74) is 4.37. The number of amides is 1. The van der Waals surface area contributed by atoms with Gasteiger partial charge in [0, 0.05) is 28.7 Å². The van der Waals surface area contributed by atoms with Gasteiger partial charge in [0.25, 0.3) is 5.91 Å². The van der Waals surface area contributed by atoms with Crippen LogP contribution in [0.25, 0.3) is 5.69 Å². The molecule has 0 aliphatic carbocycles. The second kappa shape index (κ2) is 8.17. The summed E-state index contributed by atoms with van der Waals surface area (Å²) in [6.07, 6.45) is 5.44. The zero-order valence-electron chi connectivity index (χ0n) is 13.3. The smallest absolute Gasteiger partial charge is 0.277 e. The normalized spacial score (nSPS) is 10.8. The molecule has 0 radical (unpaired) electrons. The van der Waals surface area contributed by atoms with Gasteiger partial charge in [0.2, 0.25) is 0 Å². The van der Waals surface area contributed by atoms with Crippen LogP contribution in [0.4, 0.5) is 0 Å². The van der Waals surface area contributed by atoms with Gasteiger partial charge < -0.3 is 9.30 Å². The molecule has 126 valence electrons. The highest BCUT2D eigenvalue weighted by molar-refractivity contribution is 6.30. The first-order chi connectivity index (χ1) is 12.2. The number of nitrogens with zero attached hydrogens (tertiary/aromatic N) is 2. The van der Waals surface area contributed by atoms with E-state index in [1.54, 1.807) is 30.5 Å². The molecular formula is C19H16ClN3O2. The highest BCUT2D eigenvalue weighted by atomic mass is 35.5. The summed E-state index contributed by atoms with van der Waals surface area (Å²) >= 11 is 5.79. The van der Waals surface area contributed by atoms with E-state index in [0.717, 1.165) is 11.3 Å². The number of hydrogen-bond donors (Lipinski definition) is 1. The highest BCUT2D eigenvalue weighted by Gasteiger charge is 2.02. The third-order valence-corrected chi connectivity index (χ3v) is 3.61. The van der Waals surface area contributed by atoms with Crippen molar-refractivity contribution in [2.75, 3.05) is 6.61 Å². The van der Waals surface area contributed by atoms with Gasteiger partial charge in [0.1, 0.15) is 5.75 Å². The molecule has 3 rings (SSSR count). The molecule has 5 nitrogen and oxygen atoms in total. The van der Waals surface area contributed by atoms with Gasteiger partial charge in [-0.05, 0) is 42.5 Å². The molecule has 0 aliphatic heterocycles. The molecule has 0 bridgehead atoms. The highest BCUT2D eigenvalue weighted by Crippen LogP contribution is 2.15. The minimum Gasteiger partial charge on any atom is -0.484 e. The number of ether oxygens (including phenoxy) is 1. The molecule has 1 heterocycles. The summed E-state index contributed by atoms with van der Waals surface area (Å²) in [6.45, 7) is -0.121. The monoisotopic (exact) mass is 353 g/mol. The van der Waals surface area contributed by atoms with Crippen molar-refractivity contribution in [3.8, 4) is 11.4 Å². The number of rotatable bonds is 6. The summed E-state index contributed by atoms with van der Waals surface area (Å²) in [5.74, 6) is 0.233. The molecular weight excluding hydrogens is 338 g/mol. The fourth-order valence-electron chi connectivity index (χ4n) is 2.14. The van der Waals surface area contributed by atoms with Crippen LogP contribution in [0.5, 0.6) is 5.75 Å². The summed E-state index contributed by atoms with van der Waals surface area (Å²) in [5, 5.41) is 4.55. The molecule has 0 aliphatic rings. The van der Waals surface area contributed by atoms with Crippen molar-refractivity contribution in [1.82, 2.24) is 9.99 Å². The van der Waals surface area contributed by atoms with Gasteiger partial charge in [0.15, 0.2) is 6.61 Å². The second-order valence-corrected chi connectivity index (χ2v) is 5.66. The van der Waals surface area contributed by atoms with Crippen LogP contribution < -0.4 is 10.2 Å². The summed E-state index contributed by atoms with van der Waals surface area (Å²) in [4.78, 5) is 11.7. The van der Waals surface area contributed by atoms with E-state index < -0.39 is 0 Å². The molecule has 2 aromatic carbocycles. The summed E-state index contributed by atoms with van der Waals surface area (Å²) in [6, 6.07) is 18.6. The quantitative estimate of drug-likeness (QED) is 0.543. The van der Waals surface area contributed by atoms with E-state index in [2.05, 4.69) is 10.5 Å². The molecule has 0 saturated carbocycles. The van der Waals surface area contributed by atoms with Gasteiger partial charge in [-0.2, -0.15) is 5.10 Å². The lowest BCUT2D eigenvalue weighted by atomic mass is 10.3. The average Bonchev–Trinajstić information content (AvgIpc) is 3.11. The van der Waals surface area contributed by atoms with Gasteiger partial charge in [-0.3, -0.25) is 4.79 Å². The maximum absolute atomic E-state index is 11.7. The van der Waals surface area contributed by atoms with Gasteiger partial charge in [0.05, 0.1) is 6.21 Å². The van der Waals surface area contributed by atoms with Crippen LogP contribution in [-0.2, 0) is 4.79 Å². The van der Waals surface area contributed by atoms with Crippen molar-refractivity contribution >= 4 is 23.7 Å². The molecule has 6 heteroatoms. The van der Waals surface area contributed by atoms with E-state index >= 15 is 0 Å². The third kappa shape index (κ3) is 4.96. The first-order valence-corrected chi connectivity index (χ1v) is 8.02. The van der Waals surface area contributed by atoms with Crippen LogP contribution in [0.3, 0.4) is 0 Å². The van der Waals surface area contributed by atoms with Crippen molar-refractivity contribution in [3.05, 3.63) is 83.6 Å². The van der Waals surface area contributed by atoms with Crippen LogP contribution in [0.2, 0.25) is 5.02 Å². The fourth-order valence-corrected chi connectivity index (χ4v) is 2.27. The second-order valence-electron chi connectivity index (χ2n) is 5.22. The average molecular weight is 354 g/mol.